The van der Waals surface area contributed by atoms with Crippen molar-refractivity contribution >= 4 is 23.4 Å². The zero-order valence-electron chi connectivity index (χ0n) is 13.7. The van der Waals surface area contributed by atoms with Crippen molar-refractivity contribution in [1.82, 2.24) is 5.32 Å². The normalized spacial score (nSPS) is 24.7. The van der Waals surface area contributed by atoms with E-state index in [1.165, 1.54) is 4.90 Å². The van der Waals surface area contributed by atoms with E-state index >= 15 is 0 Å². The third-order valence-corrected chi connectivity index (χ3v) is 4.55. The van der Waals surface area contributed by atoms with Crippen LogP contribution in [0, 0.1) is 0 Å². The zero-order chi connectivity index (χ0) is 17.1. The SMILES string of the molecule is COc1ccc(N2C(=O)C[C@H]([NH2+][C@@H]3CCCCNC3=O)C2=O)cc1. The van der Waals surface area contributed by atoms with E-state index in [4.69, 9.17) is 4.74 Å². The van der Waals surface area contributed by atoms with Gasteiger partial charge in [0.05, 0.1) is 19.2 Å². The number of ether oxygens (including phenoxy) is 1. The lowest BCUT2D eigenvalue weighted by atomic mass is 10.1. The number of rotatable bonds is 4. The van der Waals surface area contributed by atoms with Crippen molar-refractivity contribution < 1.29 is 24.4 Å². The topological polar surface area (TPSA) is 92.3 Å². The molecule has 0 aromatic heterocycles. The molecule has 3 N–H and O–H groups in total. The summed E-state index contributed by atoms with van der Waals surface area (Å²) >= 11 is 0. The van der Waals surface area contributed by atoms with Crippen LogP contribution in [0.2, 0.25) is 0 Å². The fraction of sp³-hybridized carbons (Fsp3) is 0.471. The number of anilines is 1. The predicted molar refractivity (Wildman–Crippen MR) is 86.5 cm³/mol. The van der Waals surface area contributed by atoms with Gasteiger partial charge >= 0.3 is 0 Å². The van der Waals surface area contributed by atoms with Crippen LogP contribution in [-0.4, -0.2) is 43.5 Å². The molecule has 0 spiro atoms. The number of quaternary nitrogens is 1. The molecule has 2 saturated heterocycles. The van der Waals surface area contributed by atoms with Crippen LogP contribution in [0.5, 0.6) is 5.75 Å². The molecule has 24 heavy (non-hydrogen) atoms. The number of amides is 3. The van der Waals surface area contributed by atoms with Gasteiger partial charge < -0.3 is 15.4 Å². The van der Waals surface area contributed by atoms with E-state index in [-0.39, 0.29) is 30.2 Å². The van der Waals surface area contributed by atoms with Gasteiger partial charge in [-0.05, 0) is 37.1 Å². The Morgan fingerprint density at radius 1 is 1.12 bits per heavy atom. The molecule has 128 valence electrons. The van der Waals surface area contributed by atoms with Crippen molar-refractivity contribution in [1.29, 1.82) is 0 Å². The number of carbonyl (C=O) groups excluding carboxylic acids is 3. The lowest BCUT2D eigenvalue weighted by molar-refractivity contribution is -0.696. The van der Waals surface area contributed by atoms with Crippen molar-refractivity contribution in [2.24, 2.45) is 0 Å². The summed E-state index contributed by atoms with van der Waals surface area (Å²) in [7, 11) is 1.56. The number of hydrogen-bond donors (Lipinski definition) is 2. The molecule has 0 aliphatic carbocycles. The summed E-state index contributed by atoms with van der Waals surface area (Å²) in [5.41, 5.74) is 0.534. The summed E-state index contributed by atoms with van der Waals surface area (Å²) < 4.78 is 5.09. The molecule has 2 fully saturated rings. The average molecular weight is 332 g/mol. The maximum Gasteiger partial charge on any atom is 0.292 e. The van der Waals surface area contributed by atoms with Gasteiger partial charge in [-0.25, -0.2) is 4.90 Å². The summed E-state index contributed by atoms with van der Waals surface area (Å²) in [5, 5.41) is 4.61. The van der Waals surface area contributed by atoms with E-state index in [1.54, 1.807) is 36.7 Å². The molecule has 2 aliphatic heterocycles. The monoisotopic (exact) mass is 332 g/mol. The molecule has 2 atom stereocenters. The van der Waals surface area contributed by atoms with E-state index in [2.05, 4.69) is 5.32 Å². The summed E-state index contributed by atoms with van der Waals surface area (Å²) in [4.78, 5) is 38.2. The Morgan fingerprint density at radius 2 is 1.88 bits per heavy atom. The predicted octanol–water partition coefficient (Wildman–Crippen LogP) is -0.441. The highest BCUT2D eigenvalue weighted by Gasteiger charge is 2.44. The Bertz CT molecular complexity index is 644. The van der Waals surface area contributed by atoms with E-state index in [1.807, 2.05) is 0 Å². The van der Waals surface area contributed by atoms with Gasteiger partial charge in [-0.3, -0.25) is 14.4 Å². The Hall–Kier alpha value is -2.41. The van der Waals surface area contributed by atoms with E-state index in [0.29, 0.717) is 18.0 Å². The summed E-state index contributed by atoms with van der Waals surface area (Å²) in [6.07, 6.45) is 2.74. The van der Waals surface area contributed by atoms with Crippen LogP contribution in [0.3, 0.4) is 0 Å². The second kappa shape index (κ2) is 7.00. The van der Waals surface area contributed by atoms with Gasteiger partial charge in [0.25, 0.3) is 11.8 Å². The number of hydrogen-bond acceptors (Lipinski definition) is 4. The second-order valence-electron chi connectivity index (χ2n) is 6.16. The van der Waals surface area contributed by atoms with Gasteiger partial charge in [0.15, 0.2) is 12.1 Å². The maximum atomic E-state index is 12.6. The molecule has 3 amide bonds. The van der Waals surface area contributed by atoms with Crippen LogP contribution in [0.4, 0.5) is 5.69 Å². The highest BCUT2D eigenvalue weighted by atomic mass is 16.5. The molecule has 2 aliphatic rings. The molecule has 0 unspecified atom stereocenters. The van der Waals surface area contributed by atoms with Crippen molar-refractivity contribution in [3.8, 4) is 5.75 Å². The molecule has 0 bridgehead atoms. The summed E-state index contributed by atoms with van der Waals surface area (Å²) in [6, 6.07) is 5.97. The van der Waals surface area contributed by atoms with Gasteiger partial charge in [0, 0.05) is 13.0 Å². The van der Waals surface area contributed by atoms with Crippen LogP contribution in [0.15, 0.2) is 24.3 Å². The fourth-order valence-electron chi connectivity index (χ4n) is 3.24. The molecule has 3 rings (SSSR count). The first-order chi connectivity index (χ1) is 11.6. The number of imide groups is 1. The Labute approximate surface area is 140 Å². The number of methoxy groups -OCH3 is 1. The summed E-state index contributed by atoms with van der Waals surface area (Å²) in [5.74, 6) is 0.120. The van der Waals surface area contributed by atoms with Crippen molar-refractivity contribution in [3.63, 3.8) is 0 Å². The van der Waals surface area contributed by atoms with E-state index < -0.39 is 6.04 Å². The quantitative estimate of drug-likeness (QED) is 0.731. The fourth-order valence-corrected chi connectivity index (χ4v) is 3.24. The molecular formula is C17H22N3O4+. The second-order valence-corrected chi connectivity index (χ2v) is 6.16. The van der Waals surface area contributed by atoms with Gasteiger partial charge in [0.2, 0.25) is 5.91 Å². The Morgan fingerprint density at radius 3 is 2.58 bits per heavy atom. The molecule has 0 saturated carbocycles. The lowest BCUT2D eigenvalue weighted by Crippen LogP contribution is -2.98. The lowest BCUT2D eigenvalue weighted by Gasteiger charge is -2.17. The first kappa shape index (κ1) is 16.4. The van der Waals surface area contributed by atoms with Crippen LogP contribution in [0.1, 0.15) is 25.7 Å². The maximum absolute atomic E-state index is 12.6. The minimum absolute atomic E-state index is 0.0457. The highest BCUT2D eigenvalue weighted by molar-refractivity contribution is 6.21. The molecule has 2 heterocycles. The van der Waals surface area contributed by atoms with E-state index in [9.17, 15) is 14.4 Å². The van der Waals surface area contributed by atoms with Crippen molar-refractivity contribution in [3.05, 3.63) is 24.3 Å². The first-order valence-corrected chi connectivity index (χ1v) is 8.23. The van der Waals surface area contributed by atoms with Crippen molar-refractivity contribution in [2.45, 2.75) is 37.8 Å². The third kappa shape index (κ3) is 3.26. The largest absolute Gasteiger partial charge is 0.497 e. The minimum Gasteiger partial charge on any atom is -0.497 e. The number of benzene rings is 1. The molecular weight excluding hydrogens is 310 g/mol. The standard InChI is InChI=1S/C17H21N3O4/c1-24-12-7-5-11(6-8-12)20-15(21)10-14(17(20)23)19-13-4-2-3-9-18-16(13)22/h5-8,13-14,19H,2-4,9-10H2,1H3,(H,18,22)/p+1/t13-,14+/m1/s1. The third-order valence-electron chi connectivity index (χ3n) is 4.55. The summed E-state index contributed by atoms with van der Waals surface area (Å²) in [6.45, 7) is 0.679. The number of nitrogens with one attached hydrogen (secondary N) is 1. The van der Waals surface area contributed by atoms with Gasteiger partial charge in [-0.15, -0.1) is 0 Å². The van der Waals surface area contributed by atoms with Crippen LogP contribution in [-0.2, 0) is 14.4 Å². The van der Waals surface area contributed by atoms with Crippen molar-refractivity contribution in [2.75, 3.05) is 18.6 Å². The van der Waals surface area contributed by atoms with Crippen LogP contribution in [0.25, 0.3) is 0 Å². The Balaban J connectivity index is 1.72. The van der Waals surface area contributed by atoms with Gasteiger partial charge in [0.1, 0.15) is 5.75 Å². The zero-order valence-corrected chi connectivity index (χ0v) is 13.7. The number of nitrogens with two attached hydrogens (primary N) is 1. The van der Waals surface area contributed by atoms with Crippen LogP contribution < -0.4 is 20.3 Å². The van der Waals surface area contributed by atoms with Gasteiger partial charge in [-0.2, -0.15) is 0 Å². The molecule has 0 radical (unpaired) electrons. The molecule has 7 nitrogen and oxygen atoms in total. The Kier molecular flexibility index (Phi) is 4.80. The number of carbonyl (C=O) groups is 3. The smallest absolute Gasteiger partial charge is 0.292 e. The highest BCUT2D eigenvalue weighted by Crippen LogP contribution is 2.24. The molecule has 1 aromatic carbocycles. The first-order valence-electron chi connectivity index (χ1n) is 8.23. The van der Waals surface area contributed by atoms with E-state index in [0.717, 1.165) is 19.3 Å². The van der Waals surface area contributed by atoms with Gasteiger partial charge in [-0.1, -0.05) is 0 Å². The molecule has 1 aromatic rings. The average Bonchev–Trinajstić information content (AvgIpc) is 2.73. The van der Waals surface area contributed by atoms with Crippen LogP contribution >= 0.6 is 0 Å². The minimum atomic E-state index is -0.534. The molecule has 7 heteroatoms. The number of nitrogens with zero attached hydrogens (tertiary/aromatic N) is 1.